The number of carbonyl (C=O) groups excluding carboxylic acids is 1. The van der Waals surface area contributed by atoms with Crippen molar-refractivity contribution in [2.45, 2.75) is 49.4 Å². The molecular weight excluding hydrogens is 270 g/mol. The molecule has 0 radical (unpaired) electrons. The van der Waals surface area contributed by atoms with E-state index in [1.807, 2.05) is 24.7 Å². The van der Waals surface area contributed by atoms with Crippen LogP contribution in [-0.2, 0) is 11.8 Å². The Morgan fingerprint density at radius 2 is 2.40 bits per heavy atom. The zero-order valence-corrected chi connectivity index (χ0v) is 13.1. The van der Waals surface area contributed by atoms with Gasteiger partial charge in [-0.2, -0.15) is 0 Å². The number of hydrogen-bond donors (Lipinski definition) is 1. The fraction of sp³-hybridized carbons (Fsp3) is 0.600. The minimum absolute atomic E-state index is 0.0920. The molecule has 0 spiro atoms. The van der Waals surface area contributed by atoms with Crippen molar-refractivity contribution in [3.63, 3.8) is 0 Å². The van der Waals surface area contributed by atoms with Crippen LogP contribution in [0.4, 0.5) is 0 Å². The number of aryl methyl sites for hydroxylation is 1. The van der Waals surface area contributed by atoms with Crippen molar-refractivity contribution in [1.29, 1.82) is 0 Å². The predicted octanol–water partition coefficient (Wildman–Crippen LogP) is 2.91. The Balaban J connectivity index is 1.71. The molecule has 0 saturated carbocycles. The van der Waals surface area contributed by atoms with Crippen molar-refractivity contribution in [1.82, 2.24) is 14.9 Å². The lowest BCUT2D eigenvalue weighted by Crippen LogP contribution is -2.32. The summed E-state index contributed by atoms with van der Waals surface area (Å²) in [5, 5.41) is 3.79. The molecular formula is C15H23N3OS. The average Bonchev–Trinajstić information content (AvgIpc) is 2.85. The first-order valence-corrected chi connectivity index (χ1v) is 8.14. The Morgan fingerprint density at radius 3 is 3.05 bits per heavy atom. The van der Waals surface area contributed by atoms with Crippen LogP contribution in [0.1, 0.15) is 39.0 Å². The first-order valence-electron chi connectivity index (χ1n) is 7.26. The molecule has 110 valence electrons. The highest BCUT2D eigenvalue weighted by Crippen LogP contribution is 2.21. The van der Waals surface area contributed by atoms with Gasteiger partial charge in [0.15, 0.2) is 5.16 Å². The minimum atomic E-state index is -0.114. The van der Waals surface area contributed by atoms with Crippen molar-refractivity contribution in [3.8, 4) is 0 Å². The third kappa shape index (κ3) is 4.40. The van der Waals surface area contributed by atoms with Crippen molar-refractivity contribution in [2.24, 2.45) is 7.05 Å². The number of imidazole rings is 1. The maximum Gasteiger partial charge on any atom is 0.233 e. The van der Waals surface area contributed by atoms with Crippen molar-refractivity contribution in [3.05, 3.63) is 24.0 Å². The highest BCUT2D eigenvalue weighted by molar-refractivity contribution is 8.00. The summed E-state index contributed by atoms with van der Waals surface area (Å²) in [4.78, 5) is 16.3. The summed E-state index contributed by atoms with van der Waals surface area (Å²) in [5.41, 5.74) is 1.50. The number of nitrogens with one attached hydrogen (secondary N) is 1. The summed E-state index contributed by atoms with van der Waals surface area (Å²) in [6, 6.07) is 0. The van der Waals surface area contributed by atoms with E-state index < -0.39 is 0 Å². The fourth-order valence-electron chi connectivity index (χ4n) is 2.30. The summed E-state index contributed by atoms with van der Waals surface area (Å²) < 4.78 is 1.93. The second kappa shape index (κ2) is 7.53. The lowest BCUT2D eigenvalue weighted by Gasteiger charge is -2.14. The molecule has 20 heavy (non-hydrogen) atoms. The molecule has 1 amide bonds. The van der Waals surface area contributed by atoms with E-state index >= 15 is 0 Å². The minimum Gasteiger partial charge on any atom is -0.355 e. The molecule has 1 aliphatic carbocycles. The van der Waals surface area contributed by atoms with E-state index in [4.69, 9.17) is 0 Å². The molecule has 0 fully saturated rings. The summed E-state index contributed by atoms with van der Waals surface area (Å²) in [6.45, 7) is 2.67. The summed E-state index contributed by atoms with van der Waals surface area (Å²) in [7, 11) is 1.94. The van der Waals surface area contributed by atoms with Crippen LogP contribution >= 0.6 is 11.8 Å². The van der Waals surface area contributed by atoms with E-state index in [9.17, 15) is 4.79 Å². The van der Waals surface area contributed by atoms with E-state index in [1.54, 1.807) is 6.20 Å². The molecule has 1 aliphatic rings. The summed E-state index contributed by atoms with van der Waals surface area (Å²) >= 11 is 1.50. The maximum atomic E-state index is 12.0. The van der Waals surface area contributed by atoms with Crippen LogP contribution < -0.4 is 5.32 Å². The van der Waals surface area contributed by atoms with E-state index in [-0.39, 0.29) is 11.2 Å². The summed E-state index contributed by atoms with van der Waals surface area (Å²) in [5.74, 6) is 0.0920. The van der Waals surface area contributed by atoms with Crippen LogP contribution in [-0.4, -0.2) is 27.3 Å². The van der Waals surface area contributed by atoms with Crippen LogP contribution in [0.15, 0.2) is 29.2 Å². The number of carbonyl (C=O) groups is 1. The second-order valence-electron chi connectivity index (χ2n) is 5.23. The van der Waals surface area contributed by atoms with Crippen LogP contribution in [0.25, 0.3) is 0 Å². The molecule has 1 heterocycles. The highest BCUT2D eigenvalue weighted by atomic mass is 32.2. The third-order valence-electron chi connectivity index (χ3n) is 3.56. The topological polar surface area (TPSA) is 46.9 Å². The van der Waals surface area contributed by atoms with Crippen LogP contribution in [0.3, 0.4) is 0 Å². The Bertz CT molecular complexity index is 481. The van der Waals surface area contributed by atoms with Gasteiger partial charge >= 0.3 is 0 Å². The first-order chi connectivity index (χ1) is 9.66. The van der Waals surface area contributed by atoms with Crippen molar-refractivity contribution < 1.29 is 4.79 Å². The molecule has 0 saturated heterocycles. The van der Waals surface area contributed by atoms with Gasteiger partial charge in [0.25, 0.3) is 0 Å². The molecule has 5 heteroatoms. The van der Waals surface area contributed by atoms with Gasteiger partial charge in [0.2, 0.25) is 5.91 Å². The Morgan fingerprint density at radius 1 is 1.55 bits per heavy atom. The number of aromatic nitrogens is 2. The van der Waals surface area contributed by atoms with Gasteiger partial charge < -0.3 is 9.88 Å². The standard InChI is InChI=1S/C15H23N3OS/c1-12(20-15-17-10-11-18(15)2)14(19)16-9-8-13-6-4-3-5-7-13/h6,10-12H,3-5,7-9H2,1-2H3,(H,16,19). The van der Waals surface area contributed by atoms with Gasteiger partial charge in [-0.05, 0) is 39.0 Å². The Labute approximate surface area is 125 Å². The zero-order valence-electron chi connectivity index (χ0n) is 12.3. The van der Waals surface area contributed by atoms with Crippen LogP contribution in [0.2, 0.25) is 0 Å². The predicted molar refractivity (Wildman–Crippen MR) is 82.7 cm³/mol. The van der Waals surface area contributed by atoms with E-state index in [0.29, 0.717) is 0 Å². The molecule has 0 bridgehead atoms. The number of allylic oxidation sites excluding steroid dienone is 1. The van der Waals surface area contributed by atoms with Crippen molar-refractivity contribution >= 4 is 17.7 Å². The quantitative estimate of drug-likeness (QED) is 0.648. The smallest absolute Gasteiger partial charge is 0.233 e. The normalized spacial score (nSPS) is 16.6. The summed E-state index contributed by atoms with van der Waals surface area (Å²) in [6.07, 6.45) is 12.0. The van der Waals surface area contributed by atoms with Gasteiger partial charge in [-0.1, -0.05) is 23.4 Å². The van der Waals surface area contributed by atoms with E-state index in [1.165, 1.54) is 43.0 Å². The Kier molecular flexibility index (Phi) is 5.71. The molecule has 1 atom stereocenters. The fourth-order valence-corrected chi connectivity index (χ4v) is 3.15. The largest absolute Gasteiger partial charge is 0.355 e. The van der Waals surface area contributed by atoms with Gasteiger partial charge in [-0.3, -0.25) is 4.79 Å². The van der Waals surface area contributed by atoms with Crippen molar-refractivity contribution in [2.75, 3.05) is 6.54 Å². The molecule has 1 aromatic heterocycles. The van der Waals surface area contributed by atoms with E-state index in [2.05, 4.69) is 16.4 Å². The second-order valence-corrected chi connectivity index (χ2v) is 6.54. The molecule has 2 rings (SSSR count). The maximum absolute atomic E-state index is 12.0. The molecule has 1 aromatic rings. The lowest BCUT2D eigenvalue weighted by atomic mass is 9.97. The lowest BCUT2D eigenvalue weighted by molar-refractivity contribution is -0.120. The van der Waals surface area contributed by atoms with Crippen LogP contribution in [0.5, 0.6) is 0 Å². The van der Waals surface area contributed by atoms with Gasteiger partial charge in [-0.25, -0.2) is 4.98 Å². The number of hydrogen-bond acceptors (Lipinski definition) is 3. The molecule has 1 unspecified atom stereocenters. The highest BCUT2D eigenvalue weighted by Gasteiger charge is 2.16. The molecule has 0 aromatic carbocycles. The van der Waals surface area contributed by atoms with Gasteiger partial charge in [0.1, 0.15) is 0 Å². The van der Waals surface area contributed by atoms with Gasteiger partial charge in [0, 0.05) is 26.0 Å². The average molecular weight is 293 g/mol. The monoisotopic (exact) mass is 293 g/mol. The third-order valence-corrected chi connectivity index (χ3v) is 4.73. The number of nitrogens with zero attached hydrogens (tertiary/aromatic N) is 2. The zero-order chi connectivity index (χ0) is 14.4. The molecule has 0 aliphatic heterocycles. The van der Waals surface area contributed by atoms with Gasteiger partial charge in [0.05, 0.1) is 5.25 Å². The molecule has 4 nitrogen and oxygen atoms in total. The van der Waals surface area contributed by atoms with E-state index in [0.717, 1.165) is 18.1 Å². The Hall–Kier alpha value is -1.23. The SMILES string of the molecule is CC(Sc1nccn1C)C(=O)NCCC1=CCCCC1. The number of amides is 1. The van der Waals surface area contributed by atoms with Gasteiger partial charge in [-0.15, -0.1) is 0 Å². The first kappa shape index (κ1) is 15.2. The van der Waals surface area contributed by atoms with Crippen LogP contribution in [0, 0.1) is 0 Å². The number of thioether (sulfide) groups is 1. The molecule has 1 N–H and O–H groups in total. The number of rotatable bonds is 6.